The lowest BCUT2D eigenvalue weighted by Crippen LogP contribution is -2.37. The highest BCUT2D eigenvalue weighted by Crippen LogP contribution is 2.21. The van der Waals surface area contributed by atoms with Gasteiger partial charge < -0.3 is 16.0 Å². The summed E-state index contributed by atoms with van der Waals surface area (Å²) in [5, 5.41) is 7.77. The molecular formula is C16H14FN5O2S. The Labute approximate surface area is 147 Å². The molecule has 1 fully saturated rings. The summed E-state index contributed by atoms with van der Waals surface area (Å²) in [5.41, 5.74) is 0.458. The molecule has 2 heterocycles. The van der Waals surface area contributed by atoms with Gasteiger partial charge in [0.2, 0.25) is 5.91 Å². The fourth-order valence-corrected chi connectivity index (χ4v) is 2.92. The van der Waals surface area contributed by atoms with Crippen molar-refractivity contribution in [2.45, 2.75) is 5.25 Å². The molecule has 7 nitrogen and oxygen atoms in total. The number of urea groups is 1. The van der Waals surface area contributed by atoms with Gasteiger partial charge in [0.15, 0.2) is 11.0 Å². The van der Waals surface area contributed by atoms with E-state index in [2.05, 4.69) is 25.9 Å². The second-order valence-corrected chi connectivity index (χ2v) is 6.23. The zero-order chi connectivity index (χ0) is 17.6. The van der Waals surface area contributed by atoms with E-state index in [0.717, 1.165) is 0 Å². The third kappa shape index (κ3) is 4.77. The molecule has 25 heavy (non-hydrogen) atoms. The minimum absolute atomic E-state index is 0.130. The molecule has 1 aliphatic rings. The first-order valence-electron chi connectivity index (χ1n) is 7.38. The summed E-state index contributed by atoms with van der Waals surface area (Å²) in [6.07, 6.45) is 1.61. The van der Waals surface area contributed by atoms with Gasteiger partial charge in [-0.05, 0) is 36.4 Å². The van der Waals surface area contributed by atoms with Crippen LogP contribution in [-0.4, -0.2) is 33.9 Å². The van der Waals surface area contributed by atoms with Crippen LogP contribution in [0.1, 0.15) is 0 Å². The molecule has 0 spiro atoms. The van der Waals surface area contributed by atoms with Crippen LogP contribution >= 0.6 is 11.8 Å². The number of hydrogen-bond donors (Lipinski definition) is 3. The zero-order valence-electron chi connectivity index (χ0n) is 12.9. The first-order chi connectivity index (χ1) is 12.1. The van der Waals surface area contributed by atoms with Gasteiger partial charge in [0.1, 0.15) is 11.1 Å². The number of anilines is 1. The van der Waals surface area contributed by atoms with Gasteiger partial charge in [0, 0.05) is 18.4 Å². The number of carbonyl (C=O) groups is 2. The summed E-state index contributed by atoms with van der Waals surface area (Å²) >= 11 is 1.22. The predicted molar refractivity (Wildman–Crippen MR) is 94.3 cm³/mol. The van der Waals surface area contributed by atoms with Gasteiger partial charge in [-0.1, -0.05) is 17.8 Å². The molecule has 1 aliphatic heterocycles. The SMILES string of the molecule is O=C(NCC1SC(=Nc2ccccn2)NC1=O)Nc1ccc(F)cc1. The van der Waals surface area contributed by atoms with Gasteiger partial charge >= 0.3 is 6.03 Å². The Hall–Kier alpha value is -2.94. The number of aliphatic imine (C=N–C) groups is 1. The molecule has 1 saturated heterocycles. The van der Waals surface area contributed by atoms with E-state index in [0.29, 0.717) is 16.7 Å². The van der Waals surface area contributed by atoms with Crippen molar-refractivity contribution in [2.24, 2.45) is 4.99 Å². The summed E-state index contributed by atoms with van der Waals surface area (Å²) in [7, 11) is 0. The van der Waals surface area contributed by atoms with Gasteiger partial charge in [-0.15, -0.1) is 0 Å². The maximum absolute atomic E-state index is 12.8. The molecule has 1 aromatic heterocycles. The number of thioether (sulfide) groups is 1. The lowest BCUT2D eigenvalue weighted by Gasteiger charge is -2.09. The molecule has 2 aromatic rings. The van der Waals surface area contributed by atoms with E-state index < -0.39 is 11.3 Å². The Morgan fingerprint density at radius 1 is 1.28 bits per heavy atom. The number of hydrogen-bond acceptors (Lipinski definition) is 5. The number of nitrogens with zero attached hydrogens (tertiary/aromatic N) is 2. The maximum atomic E-state index is 12.8. The molecule has 9 heteroatoms. The molecule has 3 N–H and O–H groups in total. The van der Waals surface area contributed by atoms with Crippen molar-refractivity contribution >= 4 is 40.4 Å². The third-order valence-electron chi connectivity index (χ3n) is 3.19. The van der Waals surface area contributed by atoms with Crippen molar-refractivity contribution in [2.75, 3.05) is 11.9 Å². The highest BCUT2D eigenvalue weighted by Gasteiger charge is 2.30. The van der Waals surface area contributed by atoms with E-state index in [4.69, 9.17) is 0 Å². The average Bonchev–Trinajstić information content (AvgIpc) is 2.95. The molecule has 0 aliphatic carbocycles. The van der Waals surface area contributed by atoms with Crippen LogP contribution in [0, 0.1) is 5.82 Å². The average molecular weight is 359 g/mol. The number of pyridine rings is 1. The molecule has 1 atom stereocenters. The van der Waals surface area contributed by atoms with E-state index in [1.165, 1.54) is 36.0 Å². The van der Waals surface area contributed by atoms with Gasteiger partial charge in [0.05, 0.1) is 0 Å². The van der Waals surface area contributed by atoms with E-state index in [1.54, 1.807) is 24.4 Å². The minimum atomic E-state index is -0.485. The van der Waals surface area contributed by atoms with Crippen LogP contribution in [0.2, 0.25) is 0 Å². The van der Waals surface area contributed by atoms with Crippen LogP contribution in [0.15, 0.2) is 53.7 Å². The lowest BCUT2D eigenvalue weighted by atomic mass is 10.3. The van der Waals surface area contributed by atoms with Crippen LogP contribution in [-0.2, 0) is 4.79 Å². The Morgan fingerprint density at radius 3 is 2.80 bits per heavy atom. The highest BCUT2D eigenvalue weighted by molar-refractivity contribution is 8.15. The van der Waals surface area contributed by atoms with Crippen LogP contribution < -0.4 is 16.0 Å². The Bertz CT molecular complexity index is 798. The van der Waals surface area contributed by atoms with E-state index in [9.17, 15) is 14.0 Å². The molecule has 1 unspecified atom stereocenters. The second kappa shape index (κ2) is 7.75. The summed E-state index contributed by atoms with van der Waals surface area (Å²) in [4.78, 5) is 32.1. The van der Waals surface area contributed by atoms with Gasteiger partial charge in [-0.3, -0.25) is 4.79 Å². The minimum Gasteiger partial charge on any atom is -0.336 e. The molecule has 3 amide bonds. The Morgan fingerprint density at radius 2 is 2.08 bits per heavy atom. The first-order valence-corrected chi connectivity index (χ1v) is 8.26. The zero-order valence-corrected chi connectivity index (χ0v) is 13.7. The van der Waals surface area contributed by atoms with Crippen molar-refractivity contribution in [1.82, 2.24) is 15.6 Å². The molecule has 0 bridgehead atoms. The van der Waals surface area contributed by atoms with E-state index >= 15 is 0 Å². The van der Waals surface area contributed by atoms with Crippen molar-refractivity contribution in [3.8, 4) is 0 Å². The van der Waals surface area contributed by atoms with Crippen LogP contribution in [0.4, 0.5) is 20.7 Å². The monoisotopic (exact) mass is 359 g/mol. The quantitative estimate of drug-likeness (QED) is 0.780. The van der Waals surface area contributed by atoms with Gasteiger partial charge in [-0.25, -0.2) is 19.2 Å². The Kier molecular flexibility index (Phi) is 5.24. The smallest absolute Gasteiger partial charge is 0.319 e. The van der Waals surface area contributed by atoms with Crippen molar-refractivity contribution in [3.63, 3.8) is 0 Å². The molecule has 0 radical (unpaired) electrons. The van der Waals surface area contributed by atoms with Crippen LogP contribution in [0.3, 0.4) is 0 Å². The summed E-state index contributed by atoms with van der Waals surface area (Å²) in [5.74, 6) is -0.126. The molecule has 0 saturated carbocycles. The molecule has 128 valence electrons. The lowest BCUT2D eigenvalue weighted by molar-refractivity contribution is -0.118. The maximum Gasteiger partial charge on any atom is 0.319 e. The van der Waals surface area contributed by atoms with E-state index in [1.807, 2.05) is 0 Å². The van der Waals surface area contributed by atoms with Crippen molar-refractivity contribution in [3.05, 3.63) is 54.5 Å². The fourth-order valence-electron chi connectivity index (χ4n) is 2.01. The predicted octanol–water partition coefficient (Wildman–Crippen LogP) is 2.26. The fraction of sp³-hybridized carbons (Fsp3) is 0.125. The topological polar surface area (TPSA) is 95.5 Å². The first kappa shape index (κ1) is 16.9. The molecule has 1 aromatic carbocycles. The van der Waals surface area contributed by atoms with Gasteiger partial charge in [-0.2, -0.15) is 0 Å². The number of amides is 3. The number of aromatic nitrogens is 1. The largest absolute Gasteiger partial charge is 0.336 e. The standard InChI is InChI=1S/C16H14FN5O2S/c17-10-4-6-11(7-5-10)20-15(24)19-9-12-14(23)22-16(25-12)21-13-3-1-2-8-18-13/h1-8,12H,9H2,(H2,19,20,24)(H,18,21,22,23). The number of amidine groups is 1. The number of benzene rings is 1. The highest BCUT2D eigenvalue weighted by atomic mass is 32.2. The van der Waals surface area contributed by atoms with Crippen LogP contribution in [0.25, 0.3) is 0 Å². The number of rotatable bonds is 4. The Balaban J connectivity index is 1.51. The van der Waals surface area contributed by atoms with Crippen LogP contribution in [0.5, 0.6) is 0 Å². The number of halogens is 1. The summed E-state index contributed by atoms with van der Waals surface area (Å²) in [6.45, 7) is 0.130. The van der Waals surface area contributed by atoms with Gasteiger partial charge in [0.25, 0.3) is 0 Å². The van der Waals surface area contributed by atoms with Crippen molar-refractivity contribution in [1.29, 1.82) is 0 Å². The second-order valence-electron chi connectivity index (χ2n) is 5.04. The number of nitrogens with one attached hydrogen (secondary N) is 3. The van der Waals surface area contributed by atoms with Crippen molar-refractivity contribution < 1.29 is 14.0 Å². The third-order valence-corrected chi connectivity index (χ3v) is 4.27. The van der Waals surface area contributed by atoms with E-state index in [-0.39, 0.29) is 18.3 Å². The summed E-state index contributed by atoms with van der Waals surface area (Å²) in [6, 6.07) is 10.2. The summed E-state index contributed by atoms with van der Waals surface area (Å²) < 4.78 is 12.8. The normalized spacial score (nSPS) is 18.0. The molecular weight excluding hydrogens is 345 g/mol. The molecule has 3 rings (SSSR count). The number of carbonyl (C=O) groups excluding carboxylic acids is 2.